The molecular weight excluding hydrogens is 394 g/mol. The number of carboxylic acid groups (broad SMARTS) is 1. The van der Waals surface area contributed by atoms with E-state index in [0.717, 1.165) is 5.56 Å². The van der Waals surface area contributed by atoms with Gasteiger partial charge < -0.3 is 19.8 Å². The molecule has 156 valence electrons. The Labute approximate surface area is 179 Å². The van der Waals surface area contributed by atoms with Crippen molar-refractivity contribution in [2.24, 2.45) is 0 Å². The molecule has 6 nitrogen and oxygen atoms in total. The van der Waals surface area contributed by atoms with Gasteiger partial charge in [0.25, 0.3) is 5.91 Å². The van der Waals surface area contributed by atoms with E-state index >= 15 is 0 Å². The highest BCUT2D eigenvalue weighted by Crippen LogP contribution is 2.44. The van der Waals surface area contributed by atoms with Crippen LogP contribution in [-0.2, 0) is 11.3 Å². The quantitative estimate of drug-likeness (QED) is 0.621. The molecule has 1 aliphatic heterocycles. The number of nitrogens with zero attached hydrogens (tertiary/aromatic N) is 1. The van der Waals surface area contributed by atoms with E-state index in [4.69, 9.17) is 4.74 Å². The van der Waals surface area contributed by atoms with Gasteiger partial charge in [-0.2, -0.15) is 0 Å². The molecule has 1 atom stereocenters. The van der Waals surface area contributed by atoms with E-state index < -0.39 is 17.9 Å². The van der Waals surface area contributed by atoms with Crippen LogP contribution in [0.1, 0.15) is 33.1 Å². The summed E-state index contributed by atoms with van der Waals surface area (Å²) in [7, 11) is 1.57. The largest absolute Gasteiger partial charge is 0.503 e. The maximum atomic E-state index is 13.1. The average Bonchev–Trinajstić information content (AvgIpc) is 3.05. The van der Waals surface area contributed by atoms with E-state index in [-0.39, 0.29) is 11.3 Å². The second-order valence-electron chi connectivity index (χ2n) is 7.24. The minimum atomic E-state index is -1.02. The lowest BCUT2D eigenvalue weighted by atomic mass is 9.92. The number of aliphatic hydroxyl groups is 1. The molecule has 0 radical (unpaired) electrons. The van der Waals surface area contributed by atoms with Crippen molar-refractivity contribution in [3.05, 3.63) is 107 Å². The van der Waals surface area contributed by atoms with Gasteiger partial charge in [0.1, 0.15) is 5.75 Å². The Morgan fingerprint density at radius 2 is 1.61 bits per heavy atom. The molecule has 1 aliphatic rings. The molecule has 1 amide bonds. The molecule has 3 aromatic carbocycles. The van der Waals surface area contributed by atoms with Crippen molar-refractivity contribution < 1.29 is 24.5 Å². The SMILES string of the molecule is COc1ccc(C2=C(O)C(=O)N(Cc3ccccc3)C2c2ccc(C(=O)O)cc2)cc1. The second-order valence-corrected chi connectivity index (χ2v) is 7.24. The number of ether oxygens (including phenoxy) is 1. The summed E-state index contributed by atoms with van der Waals surface area (Å²) in [5.74, 6) is -1.14. The number of carboxylic acids is 1. The molecule has 1 unspecified atom stereocenters. The van der Waals surface area contributed by atoms with Crippen molar-refractivity contribution in [2.45, 2.75) is 12.6 Å². The minimum Gasteiger partial charge on any atom is -0.503 e. The Morgan fingerprint density at radius 1 is 0.968 bits per heavy atom. The third kappa shape index (κ3) is 3.88. The van der Waals surface area contributed by atoms with Crippen molar-refractivity contribution in [2.75, 3.05) is 7.11 Å². The smallest absolute Gasteiger partial charge is 0.335 e. The van der Waals surface area contributed by atoms with Crippen molar-refractivity contribution in [3.63, 3.8) is 0 Å². The molecule has 0 aliphatic carbocycles. The van der Waals surface area contributed by atoms with Crippen LogP contribution in [0.3, 0.4) is 0 Å². The summed E-state index contributed by atoms with van der Waals surface area (Å²) in [6.07, 6.45) is 0. The first-order chi connectivity index (χ1) is 15.0. The van der Waals surface area contributed by atoms with Gasteiger partial charge in [-0.05, 0) is 41.0 Å². The monoisotopic (exact) mass is 415 g/mol. The van der Waals surface area contributed by atoms with E-state index in [0.29, 0.717) is 29.0 Å². The van der Waals surface area contributed by atoms with Crippen LogP contribution in [0.25, 0.3) is 5.57 Å². The summed E-state index contributed by atoms with van der Waals surface area (Å²) in [5, 5.41) is 20.0. The molecule has 0 bridgehead atoms. The van der Waals surface area contributed by atoms with Gasteiger partial charge in [-0.1, -0.05) is 54.6 Å². The highest BCUT2D eigenvalue weighted by Gasteiger charge is 2.41. The molecule has 0 aromatic heterocycles. The summed E-state index contributed by atoms with van der Waals surface area (Å²) in [6, 6.07) is 22.4. The summed E-state index contributed by atoms with van der Waals surface area (Å²) in [5.41, 5.74) is 2.96. The van der Waals surface area contributed by atoms with Gasteiger partial charge in [0, 0.05) is 12.1 Å². The summed E-state index contributed by atoms with van der Waals surface area (Å²) in [6.45, 7) is 0.300. The Bertz CT molecular complexity index is 1130. The van der Waals surface area contributed by atoms with Gasteiger partial charge in [0.15, 0.2) is 5.76 Å². The Hall–Kier alpha value is -4.06. The van der Waals surface area contributed by atoms with Crippen LogP contribution in [0.15, 0.2) is 84.6 Å². The van der Waals surface area contributed by atoms with Crippen LogP contribution in [-0.4, -0.2) is 34.1 Å². The average molecular weight is 415 g/mol. The van der Waals surface area contributed by atoms with Gasteiger partial charge in [-0.3, -0.25) is 4.79 Å². The Morgan fingerprint density at radius 3 is 2.19 bits per heavy atom. The first kappa shape index (κ1) is 20.2. The fourth-order valence-electron chi connectivity index (χ4n) is 3.82. The molecule has 0 spiro atoms. The normalized spacial score (nSPS) is 16.0. The standard InChI is InChI=1S/C25H21NO5/c1-31-20-13-11-17(12-14-20)21-22(18-7-9-19(10-8-18)25(29)30)26(24(28)23(21)27)15-16-5-3-2-4-6-16/h2-14,22,27H,15H2,1H3,(H,29,30). The lowest BCUT2D eigenvalue weighted by Crippen LogP contribution is -2.29. The van der Waals surface area contributed by atoms with E-state index in [2.05, 4.69) is 0 Å². The van der Waals surface area contributed by atoms with Gasteiger partial charge in [-0.15, -0.1) is 0 Å². The van der Waals surface area contributed by atoms with Crippen LogP contribution < -0.4 is 4.74 Å². The number of hydrogen-bond donors (Lipinski definition) is 2. The number of amides is 1. The maximum absolute atomic E-state index is 13.1. The molecule has 2 N–H and O–H groups in total. The minimum absolute atomic E-state index is 0.155. The Kier molecular flexibility index (Phi) is 5.45. The summed E-state index contributed by atoms with van der Waals surface area (Å²) < 4.78 is 5.22. The predicted octanol–water partition coefficient (Wildman–Crippen LogP) is 4.45. The summed E-state index contributed by atoms with van der Waals surface area (Å²) >= 11 is 0. The van der Waals surface area contributed by atoms with Crippen LogP contribution in [0.4, 0.5) is 0 Å². The molecular formula is C25H21NO5. The number of hydrogen-bond acceptors (Lipinski definition) is 4. The zero-order valence-corrected chi connectivity index (χ0v) is 16.9. The fourth-order valence-corrected chi connectivity index (χ4v) is 3.82. The van der Waals surface area contributed by atoms with Gasteiger partial charge in [-0.25, -0.2) is 4.79 Å². The van der Waals surface area contributed by atoms with Gasteiger partial charge in [0.05, 0.1) is 18.7 Å². The van der Waals surface area contributed by atoms with E-state index in [1.54, 1.807) is 48.4 Å². The fraction of sp³-hybridized carbons (Fsp3) is 0.120. The molecule has 6 heteroatoms. The number of rotatable bonds is 6. The molecule has 4 rings (SSSR count). The third-order valence-corrected chi connectivity index (χ3v) is 5.37. The number of carbonyl (C=O) groups is 2. The van der Waals surface area contributed by atoms with Gasteiger partial charge in [0.2, 0.25) is 0 Å². The predicted molar refractivity (Wildman–Crippen MR) is 116 cm³/mol. The first-order valence-corrected chi connectivity index (χ1v) is 9.75. The lowest BCUT2D eigenvalue weighted by molar-refractivity contribution is -0.130. The first-order valence-electron chi connectivity index (χ1n) is 9.75. The van der Waals surface area contributed by atoms with Crippen LogP contribution >= 0.6 is 0 Å². The topological polar surface area (TPSA) is 87.1 Å². The van der Waals surface area contributed by atoms with Crippen molar-refractivity contribution in [1.29, 1.82) is 0 Å². The van der Waals surface area contributed by atoms with E-state index in [9.17, 15) is 19.8 Å². The number of aliphatic hydroxyl groups excluding tert-OH is 1. The molecule has 3 aromatic rings. The zero-order valence-electron chi connectivity index (χ0n) is 16.9. The highest BCUT2D eigenvalue weighted by molar-refractivity contribution is 6.05. The molecule has 0 saturated carbocycles. The van der Waals surface area contributed by atoms with E-state index in [1.807, 2.05) is 30.3 Å². The number of aromatic carboxylic acids is 1. The van der Waals surface area contributed by atoms with Crippen LogP contribution in [0.2, 0.25) is 0 Å². The number of methoxy groups -OCH3 is 1. The highest BCUT2D eigenvalue weighted by atomic mass is 16.5. The molecule has 31 heavy (non-hydrogen) atoms. The summed E-state index contributed by atoms with van der Waals surface area (Å²) in [4.78, 5) is 25.9. The second kappa shape index (κ2) is 8.36. The number of benzene rings is 3. The zero-order chi connectivity index (χ0) is 22.0. The molecule has 0 saturated heterocycles. The van der Waals surface area contributed by atoms with Crippen molar-refractivity contribution in [3.8, 4) is 5.75 Å². The van der Waals surface area contributed by atoms with Gasteiger partial charge >= 0.3 is 5.97 Å². The van der Waals surface area contributed by atoms with Crippen molar-refractivity contribution in [1.82, 2.24) is 4.90 Å². The van der Waals surface area contributed by atoms with Crippen molar-refractivity contribution >= 4 is 17.4 Å². The van der Waals surface area contributed by atoms with E-state index in [1.165, 1.54) is 12.1 Å². The van der Waals surface area contributed by atoms with Crippen LogP contribution in [0, 0.1) is 0 Å². The maximum Gasteiger partial charge on any atom is 0.335 e. The number of carbonyl (C=O) groups excluding carboxylic acids is 1. The molecule has 1 heterocycles. The lowest BCUT2D eigenvalue weighted by Gasteiger charge is -2.27. The molecule has 0 fully saturated rings. The van der Waals surface area contributed by atoms with Crippen LogP contribution in [0.5, 0.6) is 5.75 Å². The third-order valence-electron chi connectivity index (χ3n) is 5.37. The Balaban J connectivity index is 1.80.